The molecule has 9 nitrogen and oxygen atoms in total. The Bertz CT molecular complexity index is 944. The van der Waals surface area contributed by atoms with E-state index in [0.29, 0.717) is 42.3 Å². The monoisotopic (exact) mass is 510 g/mol. The molecule has 1 saturated carbocycles. The number of nitrogens with one attached hydrogen (secondary N) is 1. The van der Waals surface area contributed by atoms with Crippen molar-refractivity contribution in [3.05, 3.63) is 16.8 Å². The molecule has 3 aliphatic rings. The second-order valence-corrected chi connectivity index (χ2v) is 11.2. The fourth-order valence-corrected chi connectivity index (χ4v) is 6.36. The summed E-state index contributed by atoms with van der Waals surface area (Å²) in [6.07, 6.45) is 5.15. The van der Waals surface area contributed by atoms with Crippen LogP contribution in [0.25, 0.3) is 0 Å². The van der Waals surface area contributed by atoms with Crippen molar-refractivity contribution in [1.29, 1.82) is 0 Å². The van der Waals surface area contributed by atoms with Gasteiger partial charge in [0, 0.05) is 31.1 Å². The van der Waals surface area contributed by atoms with Crippen LogP contribution in [0.4, 0.5) is 10.2 Å². The number of hydrogen-bond acceptors (Lipinski definition) is 7. The third-order valence-electron chi connectivity index (χ3n) is 8.44. The quantitative estimate of drug-likeness (QED) is 0.228. The Balaban J connectivity index is 1.44. The molecule has 0 spiro atoms. The number of nitrogens with zero attached hydrogens (tertiary/aromatic N) is 5. The Morgan fingerprint density at radius 1 is 1.31 bits per heavy atom. The van der Waals surface area contributed by atoms with Crippen LogP contribution >= 0.6 is 11.6 Å². The van der Waals surface area contributed by atoms with Crippen molar-refractivity contribution < 1.29 is 19.2 Å². The third kappa shape index (κ3) is 5.54. The second-order valence-electron chi connectivity index (χ2n) is 10.9. The molecule has 0 aromatic carbocycles. The lowest BCUT2D eigenvalue weighted by Gasteiger charge is -2.34. The van der Waals surface area contributed by atoms with Crippen molar-refractivity contribution >= 4 is 29.7 Å². The van der Waals surface area contributed by atoms with Crippen LogP contribution in [0.1, 0.15) is 51.6 Å². The number of anilines is 1. The van der Waals surface area contributed by atoms with E-state index in [1.807, 2.05) is 4.90 Å². The zero-order valence-electron chi connectivity index (χ0n) is 20.7. The van der Waals surface area contributed by atoms with Crippen LogP contribution in [0.15, 0.2) is 0 Å². The molecule has 11 heteroatoms. The Morgan fingerprint density at radius 2 is 2.03 bits per heavy atom. The van der Waals surface area contributed by atoms with Crippen LogP contribution in [0, 0.1) is 29.5 Å². The number of aromatic nitrogens is 2. The van der Waals surface area contributed by atoms with Crippen LogP contribution in [-0.2, 0) is 16.1 Å². The molecule has 3 heterocycles. The van der Waals surface area contributed by atoms with Gasteiger partial charge in [-0.2, -0.15) is 4.98 Å². The minimum Gasteiger partial charge on any atom is -0.353 e. The first-order valence-corrected chi connectivity index (χ1v) is 12.8. The lowest BCUT2D eigenvalue weighted by atomic mass is 9.85. The Hall–Kier alpha value is -2.04. The van der Waals surface area contributed by atoms with Crippen LogP contribution in [0.2, 0.25) is 5.28 Å². The number of rotatable bonds is 9. The van der Waals surface area contributed by atoms with Gasteiger partial charge in [0.05, 0.1) is 19.0 Å². The van der Waals surface area contributed by atoms with E-state index in [2.05, 4.69) is 41.1 Å². The van der Waals surface area contributed by atoms with Crippen molar-refractivity contribution in [3.63, 3.8) is 0 Å². The number of fused-ring (bicyclic) bond motifs is 1. The number of amides is 2. The number of carbonyl (C=O) groups is 2. The van der Waals surface area contributed by atoms with E-state index in [1.54, 1.807) is 0 Å². The van der Waals surface area contributed by atoms with Gasteiger partial charge < -0.3 is 15.1 Å². The highest BCUT2D eigenvalue weighted by atomic mass is 35.5. The highest BCUT2D eigenvalue weighted by Crippen LogP contribution is 2.43. The molecule has 4 rings (SSSR count). The molecule has 3 atom stereocenters. The van der Waals surface area contributed by atoms with E-state index in [-0.39, 0.29) is 47.7 Å². The topological polar surface area (TPSA) is 102 Å². The minimum absolute atomic E-state index is 0.0138. The first-order valence-electron chi connectivity index (χ1n) is 12.5. The van der Waals surface area contributed by atoms with Crippen LogP contribution < -0.4 is 10.2 Å². The van der Waals surface area contributed by atoms with Crippen molar-refractivity contribution in [2.75, 3.05) is 38.1 Å². The predicted molar refractivity (Wildman–Crippen MR) is 129 cm³/mol. The van der Waals surface area contributed by atoms with Gasteiger partial charge in [-0.3, -0.25) is 14.8 Å². The van der Waals surface area contributed by atoms with Gasteiger partial charge >= 0.3 is 0 Å². The number of carbonyl (C=O) groups excluding carboxylic acids is 2. The molecular formula is C24H36ClFN6O3. The summed E-state index contributed by atoms with van der Waals surface area (Å²) in [4.78, 5) is 36.4. The maximum Gasteiger partial charge on any atom is 0.233 e. The van der Waals surface area contributed by atoms with Crippen LogP contribution in [0.3, 0.4) is 0 Å². The Morgan fingerprint density at radius 3 is 2.69 bits per heavy atom. The number of halogens is 2. The van der Waals surface area contributed by atoms with Gasteiger partial charge in [-0.25, -0.2) is 14.4 Å². The third-order valence-corrected chi connectivity index (χ3v) is 8.61. The zero-order valence-corrected chi connectivity index (χ0v) is 21.5. The number of hydroxylamine groups is 2. The molecule has 35 heavy (non-hydrogen) atoms. The number of hydrogen-bond donors (Lipinski definition) is 2. The van der Waals surface area contributed by atoms with Gasteiger partial charge in [0.1, 0.15) is 5.69 Å². The molecule has 2 saturated heterocycles. The van der Waals surface area contributed by atoms with Gasteiger partial charge in [-0.15, -0.1) is 0 Å². The molecule has 194 valence electrons. The summed E-state index contributed by atoms with van der Waals surface area (Å²) >= 11 is 6.16. The molecule has 0 unspecified atom stereocenters. The standard InChI is InChI=1S/C24H36ClFN6O3/c1-24(2)18-13-31(11-17(18)10-30(24)3)21-20(26)19(28-23(25)29-21)9-27-22(34)16(12-32(35)14-33)8-15-6-4-5-7-15/h14-18,35H,4-13H2,1-3H3,(H,27,34)/t16-,17-,18+/m1/s1. The van der Waals surface area contributed by atoms with E-state index in [0.717, 1.165) is 32.2 Å². The van der Waals surface area contributed by atoms with E-state index < -0.39 is 11.7 Å². The second kappa shape index (κ2) is 10.5. The first-order chi connectivity index (χ1) is 16.6. The average molecular weight is 511 g/mol. The molecule has 1 aromatic heterocycles. The summed E-state index contributed by atoms with van der Waals surface area (Å²) in [6, 6.07) is 0. The summed E-state index contributed by atoms with van der Waals surface area (Å²) in [7, 11) is 2.12. The Labute approximate surface area is 211 Å². The predicted octanol–water partition coefficient (Wildman–Crippen LogP) is 2.71. The van der Waals surface area contributed by atoms with Crippen molar-refractivity contribution in [1.82, 2.24) is 25.2 Å². The highest BCUT2D eigenvalue weighted by Gasteiger charge is 2.51. The van der Waals surface area contributed by atoms with Gasteiger partial charge in [-0.05, 0) is 50.8 Å². The van der Waals surface area contributed by atoms with E-state index in [4.69, 9.17) is 11.6 Å². The van der Waals surface area contributed by atoms with Crippen LogP contribution in [0.5, 0.6) is 0 Å². The molecule has 2 amide bonds. The van der Waals surface area contributed by atoms with Gasteiger partial charge in [0.2, 0.25) is 17.6 Å². The van der Waals surface area contributed by atoms with Crippen molar-refractivity contribution in [2.45, 2.75) is 58.0 Å². The van der Waals surface area contributed by atoms with Crippen molar-refractivity contribution in [2.24, 2.45) is 23.7 Å². The fourth-order valence-electron chi connectivity index (χ4n) is 6.17. The smallest absolute Gasteiger partial charge is 0.233 e. The van der Waals surface area contributed by atoms with Gasteiger partial charge in [0.25, 0.3) is 0 Å². The lowest BCUT2D eigenvalue weighted by molar-refractivity contribution is -0.155. The first kappa shape index (κ1) is 26.0. The molecule has 0 bridgehead atoms. The van der Waals surface area contributed by atoms with Crippen molar-refractivity contribution in [3.8, 4) is 0 Å². The SMILES string of the molecule is CN1C[C@@H]2CN(c3nc(Cl)nc(CNC(=O)[C@H](CC4CCCC4)CN(O)C=O)c3F)C[C@@H]2C1(C)C. The zero-order chi connectivity index (χ0) is 25.3. The maximum absolute atomic E-state index is 15.5. The number of likely N-dealkylation sites (tertiary alicyclic amines) is 1. The van der Waals surface area contributed by atoms with E-state index >= 15 is 4.39 Å². The minimum atomic E-state index is -0.592. The van der Waals surface area contributed by atoms with E-state index in [9.17, 15) is 14.8 Å². The summed E-state index contributed by atoms with van der Waals surface area (Å²) in [5, 5.41) is 12.8. The van der Waals surface area contributed by atoms with Gasteiger partial charge in [0.15, 0.2) is 11.6 Å². The maximum atomic E-state index is 15.5. The molecule has 3 fully saturated rings. The largest absolute Gasteiger partial charge is 0.353 e. The molecule has 2 aliphatic heterocycles. The summed E-state index contributed by atoms with van der Waals surface area (Å²) in [6.45, 7) is 6.49. The average Bonchev–Trinajstić information content (AvgIpc) is 3.52. The highest BCUT2D eigenvalue weighted by molar-refractivity contribution is 6.28. The summed E-state index contributed by atoms with van der Waals surface area (Å²) in [5.74, 6) is -0.168. The van der Waals surface area contributed by atoms with Crippen LogP contribution in [-0.4, -0.2) is 76.2 Å². The molecule has 1 aromatic rings. The van der Waals surface area contributed by atoms with E-state index in [1.165, 1.54) is 0 Å². The Kier molecular flexibility index (Phi) is 7.83. The molecule has 0 radical (unpaired) electrons. The van der Waals surface area contributed by atoms with Gasteiger partial charge in [-0.1, -0.05) is 25.7 Å². The molecular weight excluding hydrogens is 475 g/mol. The fraction of sp³-hybridized carbons (Fsp3) is 0.750. The normalized spacial score (nSPS) is 25.0. The summed E-state index contributed by atoms with van der Waals surface area (Å²) in [5.41, 5.74) is 0.0394. The molecule has 2 N–H and O–H groups in total. The summed E-state index contributed by atoms with van der Waals surface area (Å²) < 4.78 is 15.5. The molecule has 1 aliphatic carbocycles. The lowest BCUT2D eigenvalue weighted by Crippen LogP contribution is -2.42.